The number of ether oxygens (including phenoxy) is 1. The van der Waals surface area contributed by atoms with Crippen molar-refractivity contribution in [3.63, 3.8) is 0 Å². The van der Waals surface area contributed by atoms with Crippen molar-refractivity contribution in [2.45, 2.75) is 45.6 Å². The lowest BCUT2D eigenvalue weighted by Gasteiger charge is -2.35. The second-order valence-corrected chi connectivity index (χ2v) is 4.65. The van der Waals surface area contributed by atoms with E-state index in [0.717, 1.165) is 25.7 Å². The largest absolute Gasteiger partial charge is 0.381 e. The van der Waals surface area contributed by atoms with Crippen molar-refractivity contribution in [3.8, 4) is 0 Å². The summed E-state index contributed by atoms with van der Waals surface area (Å²) in [6.45, 7) is 6.29. The standard InChI is InChI=1S/C12H24N2O2/c1-3-10(4-2)14-9-12(11(13)15)5-7-16-8-6-12/h10,14H,3-9H2,1-2H3,(H2,13,15). The first-order valence-electron chi connectivity index (χ1n) is 6.25. The highest BCUT2D eigenvalue weighted by Crippen LogP contribution is 2.29. The van der Waals surface area contributed by atoms with Gasteiger partial charge in [-0.05, 0) is 25.7 Å². The molecule has 0 atom stereocenters. The van der Waals surface area contributed by atoms with Crippen molar-refractivity contribution < 1.29 is 9.53 Å². The topological polar surface area (TPSA) is 64.3 Å². The van der Waals surface area contributed by atoms with E-state index in [-0.39, 0.29) is 11.3 Å². The highest BCUT2D eigenvalue weighted by atomic mass is 16.5. The first-order chi connectivity index (χ1) is 7.64. The van der Waals surface area contributed by atoms with Crippen LogP contribution < -0.4 is 11.1 Å². The van der Waals surface area contributed by atoms with Crippen LogP contribution in [0.25, 0.3) is 0 Å². The molecule has 4 nitrogen and oxygen atoms in total. The van der Waals surface area contributed by atoms with Crippen molar-refractivity contribution in [2.24, 2.45) is 11.1 Å². The number of carbonyl (C=O) groups is 1. The molecule has 0 aliphatic carbocycles. The highest BCUT2D eigenvalue weighted by Gasteiger charge is 2.38. The Morgan fingerprint density at radius 1 is 1.38 bits per heavy atom. The van der Waals surface area contributed by atoms with Gasteiger partial charge in [0, 0.05) is 25.8 Å². The van der Waals surface area contributed by atoms with Crippen LogP contribution in [0.1, 0.15) is 39.5 Å². The molecule has 1 aliphatic rings. The van der Waals surface area contributed by atoms with Gasteiger partial charge in [-0.1, -0.05) is 13.8 Å². The Balaban J connectivity index is 2.53. The van der Waals surface area contributed by atoms with E-state index in [0.29, 0.717) is 25.8 Å². The zero-order valence-electron chi connectivity index (χ0n) is 10.4. The van der Waals surface area contributed by atoms with Crippen LogP contribution in [0.4, 0.5) is 0 Å². The van der Waals surface area contributed by atoms with Crippen molar-refractivity contribution in [1.29, 1.82) is 0 Å². The maximum absolute atomic E-state index is 11.6. The summed E-state index contributed by atoms with van der Waals surface area (Å²) in [5.74, 6) is -0.186. The van der Waals surface area contributed by atoms with E-state index in [9.17, 15) is 4.79 Å². The molecule has 1 amide bonds. The van der Waals surface area contributed by atoms with Gasteiger partial charge in [0.15, 0.2) is 0 Å². The minimum atomic E-state index is -0.388. The summed E-state index contributed by atoms with van der Waals surface area (Å²) >= 11 is 0. The van der Waals surface area contributed by atoms with Gasteiger partial charge in [0.25, 0.3) is 0 Å². The number of rotatable bonds is 6. The minimum absolute atomic E-state index is 0.186. The van der Waals surface area contributed by atoms with Gasteiger partial charge < -0.3 is 15.8 Å². The van der Waals surface area contributed by atoms with Gasteiger partial charge in [-0.2, -0.15) is 0 Å². The molecule has 1 rings (SSSR count). The number of hydrogen-bond donors (Lipinski definition) is 2. The van der Waals surface area contributed by atoms with Crippen molar-refractivity contribution >= 4 is 5.91 Å². The van der Waals surface area contributed by atoms with Crippen molar-refractivity contribution in [2.75, 3.05) is 19.8 Å². The van der Waals surface area contributed by atoms with E-state index in [2.05, 4.69) is 19.2 Å². The Morgan fingerprint density at radius 2 is 1.94 bits per heavy atom. The zero-order valence-corrected chi connectivity index (χ0v) is 10.4. The third-order valence-corrected chi connectivity index (χ3v) is 3.69. The molecule has 16 heavy (non-hydrogen) atoms. The number of nitrogens with one attached hydrogen (secondary N) is 1. The van der Waals surface area contributed by atoms with Crippen LogP contribution in [0.2, 0.25) is 0 Å². The Morgan fingerprint density at radius 3 is 2.38 bits per heavy atom. The van der Waals surface area contributed by atoms with Crippen LogP contribution in [0, 0.1) is 5.41 Å². The van der Waals surface area contributed by atoms with E-state index < -0.39 is 0 Å². The summed E-state index contributed by atoms with van der Waals surface area (Å²) in [6.07, 6.45) is 3.66. The molecular formula is C12H24N2O2. The molecule has 1 heterocycles. The Bertz CT molecular complexity index is 221. The number of amides is 1. The summed E-state index contributed by atoms with van der Waals surface area (Å²) in [4.78, 5) is 11.6. The van der Waals surface area contributed by atoms with Gasteiger partial charge in [0.05, 0.1) is 5.41 Å². The third-order valence-electron chi connectivity index (χ3n) is 3.69. The van der Waals surface area contributed by atoms with Gasteiger partial charge in [-0.3, -0.25) is 4.79 Å². The second kappa shape index (κ2) is 6.21. The summed E-state index contributed by atoms with van der Waals surface area (Å²) in [5, 5.41) is 3.45. The molecule has 0 bridgehead atoms. The van der Waals surface area contributed by atoms with Crippen LogP contribution in [-0.2, 0) is 9.53 Å². The molecule has 3 N–H and O–H groups in total. The number of nitrogens with two attached hydrogens (primary N) is 1. The fourth-order valence-corrected chi connectivity index (χ4v) is 2.19. The van der Waals surface area contributed by atoms with E-state index in [4.69, 9.17) is 10.5 Å². The summed E-state index contributed by atoms with van der Waals surface area (Å²) < 4.78 is 5.30. The predicted octanol–water partition coefficient (Wildman–Crippen LogP) is 1.05. The Kier molecular flexibility index (Phi) is 5.22. The van der Waals surface area contributed by atoms with E-state index in [1.54, 1.807) is 0 Å². The molecule has 1 saturated heterocycles. The molecule has 0 aromatic rings. The van der Waals surface area contributed by atoms with Gasteiger partial charge in [0.1, 0.15) is 0 Å². The zero-order chi connectivity index (χ0) is 12.0. The highest BCUT2D eigenvalue weighted by molar-refractivity contribution is 5.81. The lowest BCUT2D eigenvalue weighted by atomic mass is 9.79. The molecule has 4 heteroatoms. The second-order valence-electron chi connectivity index (χ2n) is 4.65. The Hall–Kier alpha value is -0.610. The van der Waals surface area contributed by atoms with Crippen LogP contribution in [0.3, 0.4) is 0 Å². The normalized spacial score (nSPS) is 19.9. The fourth-order valence-electron chi connectivity index (χ4n) is 2.19. The maximum atomic E-state index is 11.6. The third kappa shape index (κ3) is 3.19. The molecule has 0 aromatic heterocycles. The lowest BCUT2D eigenvalue weighted by Crippen LogP contribution is -2.50. The molecule has 1 aliphatic heterocycles. The predicted molar refractivity (Wildman–Crippen MR) is 64.1 cm³/mol. The number of carbonyl (C=O) groups excluding carboxylic acids is 1. The summed E-state index contributed by atoms with van der Waals surface area (Å²) in [7, 11) is 0. The SMILES string of the molecule is CCC(CC)NCC1(C(N)=O)CCOCC1. The van der Waals surface area contributed by atoms with Gasteiger partial charge in [0.2, 0.25) is 5.91 Å². The summed E-state index contributed by atoms with van der Waals surface area (Å²) in [5.41, 5.74) is 5.15. The molecule has 0 spiro atoms. The average molecular weight is 228 g/mol. The van der Waals surface area contributed by atoms with E-state index in [1.165, 1.54) is 0 Å². The first kappa shape index (κ1) is 13.5. The number of primary amides is 1. The van der Waals surface area contributed by atoms with Crippen molar-refractivity contribution in [1.82, 2.24) is 5.32 Å². The van der Waals surface area contributed by atoms with Crippen LogP contribution in [-0.4, -0.2) is 31.7 Å². The van der Waals surface area contributed by atoms with Crippen LogP contribution in [0.15, 0.2) is 0 Å². The first-order valence-corrected chi connectivity index (χ1v) is 6.25. The van der Waals surface area contributed by atoms with E-state index in [1.807, 2.05) is 0 Å². The van der Waals surface area contributed by atoms with Gasteiger partial charge in [-0.25, -0.2) is 0 Å². The van der Waals surface area contributed by atoms with Crippen molar-refractivity contribution in [3.05, 3.63) is 0 Å². The van der Waals surface area contributed by atoms with E-state index >= 15 is 0 Å². The van der Waals surface area contributed by atoms with Gasteiger partial charge >= 0.3 is 0 Å². The van der Waals surface area contributed by atoms with Gasteiger partial charge in [-0.15, -0.1) is 0 Å². The van der Waals surface area contributed by atoms with Crippen LogP contribution in [0.5, 0.6) is 0 Å². The molecule has 0 unspecified atom stereocenters. The molecule has 0 radical (unpaired) electrons. The molecule has 94 valence electrons. The monoisotopic (exact) mass is 228 g/mol. The van der Waals surface area contributed by atoms with Crippen LogP contribution >= 0.6 is 0 Å². The Labute approximate surface area is 97.9 Å². The quantitative estimate of drug-likeness (QED) is 0.714. The molecule has 1 fully saturated rings. The fraction of sp³-hybridized carbons (Fsp3) is 0.917. The molecule has 0 aromatic carbocycles. The summed E-state index contributed by atoms with van der Waals surface area (Å²) in [6, 6.07) is 0.485. The molecule has 0 saturated carbocycles. The lowest BCUT2D eigenvalue weighted by molar-refractivity contribution is -0.133. The smallest absolute Gasteiger partial charge is 0.225 e. The molecular weight excluding hydrogens is 204 g/mol. The maximum Gasteiger partial charge on any atom is 0.225 e. The minimum Gasteiger partial charge on any atom is -0.381 e. The average Bonchev–Trinajstić information content (AvgIpc) is 2.31. The number of hydrogen-bond acceptors (Lipinski definition) is 3.